The fourth-order valence-electron chi connectivity index (χ4n) is 3.72. The first-order valence-corrected chi connectivity index (χ1v) is 11.8. The molecule has 3 heterocycles. The second-order valence-corrected chi connectivity index (χ2v) is 10.6. The second kappa shape index (κ2) is 7.25. The molecule has 2 aliphatic rings. The van der Waals surface area contributed by atoms with Crippen LogP contribution in [0.4, 0.5) is 5.82 Å². The monoisotopic (exact) mass is 448 g/mol. The van der Waals surface area contributed by atoms with Crippen LogP contribution in [-0.4, -0.2) is 58.7 Å². The minimum Gasteiger partial charge on any atom is -0.343 e. The number of nitrogens with one attached hydrogen (secondary N) is 1. The Bertz CT molecular complexity index is 1150. The fourth-order valence-corrected chi connectivity index (χ4v) is 4.85. The minimum absolute atomic E-state index is 0.146. The summed E-state index contributed by atoms with van der Waals surface area (Å²) < 4.78 is 26.2. The van der Waals surface area contributed by atoms with E-state index < -0.39 is 26.7 Å². The van der Waals surface area contributed by atoms with E-state index in [0.717, 1.165) is 0 Å². The minimum atomic E-state index is -3.37. The number of hydrogen-bond acceptors (Lipinski definition) is 7. The zero-order chi connectivity index (χ0) is 21.7. The van der Waals surface area contributed by atoms with Crippen LogP contribution in [-0.2, 0) is 14.6 Å². The summed E-state index contributed by atoms with van der Waals surface area (Å²) in [7, 11) is -3.37. The number of pyridine rings is 1. The van der Waals surface area contributed by atoms with Gasteiger partial charge in [0.2, 0.25) is 5.91 Å². The lowest BCUT2D eigenvalue weighted by Gasteiger charge is -2.27. The van der Waals surface area contributed by atoms with Gasteiger partial charge in [0.15, 0.2) is 9.84 Å². The third kappa shape index (κ3) is 3.87. The van der Waals surface area contributed by atoms with Crippen LogP contribution in [0.1, 0.15) is 25.0 Å². The second-order valence-electron chi connectivity index (χ2n) is 7.93. The molecule has 2 aromatic heterocycles. The molecule has 0 bridgehead atoms. The fraction of sp³-hybridized carbons (Fsp3) is 0.474. The molecule has 30 heavy (non-hydrogen) atoms. The highest BCUT2D eigenvalue weighted by atomic mass is 35.5. The van der Waals surface area contributed by atoms with Gasteiger partial charge >= 0.3 is 0 Å². The summed E-state index contributed by atoms with van der Waals surface area (Å²) in [4.78, 5) is 18.8. The Kier molecular flexibility index (Phi) is 4.98. The molecule has 1 aliphatic carbocycles. The molecule has 1 aliphatic heterocycles. The SMILES string of the molecule is Cc1cc(N2C[C@H](S(C)(=O)=O)C[C@H]2C(=O)NC2(C#N)CC2)n(-c2ccnc(Cl)c2)n1. The summed E-state index contributed by atoms with van der Waals surface area (Å²) in [6, 6.07) is 6.59. The van der Waals surface area contributed by atoms with E-state index in [1.54, 1.807) is 34.0 Å². The number of aryl methyl sites for hydroxylation is 1. The molecule has 158 valence electrons. The van der Waals surface area contributed by atoms with Crippen LogP contribution >= 0.6 is 11.6 Å². The van der Waals surface area contributed by atoms with Gasteiger partial charge in [-0.05, 0) is 32.3 Å². The molecule has 2 atom stereocenters. The number of carbonyl (C=O) groups is 1. The van der Waals surface area contributed by atoms with E-state index in [4.69, 9.17) is 11.6 Å². The standard InChI is InChI=1S/C19H21ClN6O3S/c1-12-7-17(26(24-12)13-3-6-22-16(20)8-13)25-10-14(30(2,28)29)9-15(25)18(27)23-19(11-21)4-5-19/h3,6-8,14-15H,4-5,9-10H2,1-2H3,(H,23,27)/t14-,15+/m1/s1. The number of halogens is 1. The van der Waals surface area contributed by atoms with Crippen molar-refractivity contribution in [2.24, 2.45) is 0 Å². The normalized spacial score (nSPS) is 22.5. The molecule has 1 amide bonds. The number of rotatable bonds is 5. The van der Waals surface area contributed by atoms with Crippen LogP contribution in [0.15, 0.2) is 24.4 Å². The molecule has 2 aromatic rings. The van der Waals surface area contributed by atoms with E-state index in [1.165, 1.54) is 6.26 Å². The highest BCUT2D eigenvalue weighted by Gasteiger charge is 2.49. The molecule has 0 spiro atoms. The highest BCUT2D eigenvalue weighted by molar-refractivity contribution is 7.91. The van der Waals surface area contributed by atoms with Crippen molar-refractivity contribution in [1.29, 1.82) is 5.26 Å². The number of anilines is 1. The number of carbonyl (C=O) groups excluding carboxylic acids is 1. The van der Waals surface area contributed by atoms with E-state index >= 15 is 0 Å². The van der Waals surface area contributed by atoms with E-state index in [1.807, 2.05) is 6.92 Å². The van der Waals surface area contributed by atoms with E-state index in [-0.39, 0.29) is 18.9 Å². The van der Waals surface area contributed by atoms with Gasteiger partial charge in [-0.3, -0.25) is 4.79 Å². The zero-order valence-electron chi connectivity index (χ0n) is 16.5. The highest BCUT2D eigenvalue weighted by Crippen LogP contribution is 2.36. The Balaban J connectivity index is 1.73. The maximum atomic E-state index is 13.1. The van der Waals surface area contributed by atoms with Crippen LogP contribution in [0, 0.1) is 18.3 Å². The van der Waals surface area contributed by atoms with Gasteiger partial charge in [0, 0.05) is 31.1 Å². The lowest BCUT2D eigenvalue weighted by Crippen LogP contribution is -2.48. The first kappa shape index (κ1) is 20.6. The summed E-state index contributed by atoms with van der Waals surface area (Å²) in [5, 5.41) is 16.2. The summed E-state index contributed by atoms with van der Waals surface area (Å²) in [6.07, 6.45) is 4.08. The first-order chi connectivity index (χ1) is 14.1. The van der Waals surface area contributed by atoms with Crippen molar-refractivity contribution in [2.75, 3.05) is 17.7 Å². The van der Waals surface area contributed by atoms with Crippen LogP contribution in [0.25, 0.3) is 5.69 Å². The molecule has 1 saturated heterocycles. The van der Waals surface area contributed by atoms with Crippen LogP contribution in [0.2, 0.25) is 5.15 Å². The molecule has 0 radical (unpaired) electrons. The van der Waals surface area contributed by atoms with Crippen molar-refractivity contribution in [2.45, 2.75) is 43.0 Å². The van der Waals surface area contributed by atoms with Gasteiger partial charge in [-0.2, -0.15) is 10.4 Å². The van der Waals surface area contributed by atoms with Crippen molar-refractivity contribution >= 4 is 33.2 Å². The van der Waals surface area contributed by atoms with Gasteiger partial charge in [0.05, 0.1) is 22.7 Å². The number of nitriles is 1. The van der Waals surface area contributed by atoms with Gasteiger partial charge in [-0.25, -0.2) is 18.1 Å². The Labute approximate surface area is 179 Å². The zero-order valence-corrected chi connectivity index (χ0v) is 18.1. The molecule has 0 aromatic carbocycles. The van der Waals surface area contributed by atoms with Crippen molar-refractivity contribution in [3.63, 3.8) is 0 Å². The van der Waals surface area contributed by atoms with Crippen LogP contribution < -0.4 is 10.2 Å². The molecular weight excluding hydrogens is 428 g/mol. The molecule has 4 rings (SSSR count). The van der Waals surface area contributed by atoms with Crippen LogP contribution in [0.3, 0.4) is 0 Å². The molecule has 11 heteroatoms. The maximum absolute atomic E-state index is 13.1. The molecule has 2 fully saturated rings. The summed E-state index contributed by atoms with van der Waals surface area (Å²) in [5.41, 5.74) is 0.520. The molecule has 1 N–H and O–H groups in total. The topological polar surface area (TPSA) is 121 Å². The third-order valence-electron chi connectivity index (χ3n) is 5.56. The molecular formula is C19H21ClN6O3S. The lowest BCUT2D eigenvalue weighted by atomic mass is 10.1. The van der Waals surface area contributed by atoms with Gasteiger partial charge in [0.25, 0.3) is 0 Å². The summed E-state index contributed by atoms with van der Waals surface area (Å²) >= 11 is 6.03. The Hall–Kier alpha value is -2.64. The number of nitrogens with zero attached hydrogens (tertiary/aromatic N) is 5. The van der Waals surface area contributed by atoms with Crippen molar-refractivity contribution in [3.8, 4) is 11.8 Å². The Morgan fingerprint density at radius 3 is 2.73 bits per heavy atom. The third-order valence-corrected chi connectivity index (χ3v) is 7.32. The average Bonchev–Trinajstić information content (AvgIpc) is 3.12. The van der Waals surface area contributed by atoms with Crippen LogP contribution in [0.5, 0.6) is 0 Å². The number of sulfone groups is 1. The largest absolute Gasteiger partial charge is 0.343 e. The smallest absolute Gasteiger partial charge is 0.244 e. The number of amides is 1. The van der Waals surface area contributed by atoms with Gasteiger partial charge in [-0.1, -0.05) is 11.6 Å². The summed E-state index contributed by atoms with van der Waals surface area (Å²) in [6.45, 7) is 1.97. The predicted octanol–water partition coefficient (Wildman–Crippen LogP) is 1.39. The van der Waals surface area contributed by atoms with Crippen molar-refractivity contribution in [1.82, 2.24) is 20.1 Å². The maximum Gasteiger partial charge on any atom is 0.244 e. The van der Waals surface area contributed by atoms with Gasteiger partial charge in [-0.15, -0.1) is 0 Å². The van der Waals surface area contributed by atoms with Crippen molar-refractivity contribution < 1.29 is 13.2 Å². The molecule has 9 nitrogen and oxygen atoms in total. The number of aromatic nitrogens is 3. The lowest BCUT2D eigenvalue weighted by molar-refractivity contribution is -0.122. The van der Waals surface area contributed by atoms with E-state index in [2.05, 4.69) is 21.5 Å². The Morgan fingerprint density at radius 1 is 1.40 bits per heavy atom. The molecule has 1 saturated carbocycles. The molecule has 0 unspecified atom stereocenters. The predicted molar refractivity (Wildman–Crippen MR) is 111 cm³/mol. The van der Waals surface area contributed by atoms with Crippen molar-refractivity contribution in [3.05, 3.63) is 35.2 Å². The van der Waals surface area contributed by atoms with E-state index in [9.17, 15) is 18.5 Å². The number of hydrogen-bond donors (Lipinski definition) is 1. The first-order valence-electron chi connectivity index (χ1n) is 9.49. The van der Waals surface area contributed by atoms with Gasteiger partial charge in [0.1, 0.15) is 22.6 Å². The summed E-state index contributed by atoms with van der Waals surface area (Å²) in [5.74, 6) is 0.237. The average molecular weight is 449 g/mol. The Morgan fingerprint density at radius 2 is 2.13 bits per heavy atom. The quantitative estimate of drug-likeness (QED) is 0.686. The van der Waals surface area contributed by atoms with E-state index in [0.29, 0.717) is 35.2 Å². The van der Waals surface area contributed by atoms with Gasteiger partial charge < -0.3 is 10.2 Å².